The molecule has 0 aromatic heterocycles. The molecule has 0 fully saturated rings. The Morgan fingerprint density at radius 2 is 1.26 bits per heavy atom. The van der Waals surface area contributed by atoms with Gasteiger partial charge in [0.15, 0.2) is 0 Å². The lowest BCUT2D eigenvalue weighted by Gasteiger charge is -2.36. The third kappa shape index (κ3) is 6.00. The van der Waals surface area contributed by atoms with Crippen LogP contribution in [0.4, 0.5) is 17.1 Å². The summed E-state index contributed by atoms with van der Waals surface area (Å²) >= 11 is 0. The first kappa shape index (κ1) is 38.3. The number of anilines is 3. The van der Waals surface area contributed by atoms with Crippen molar-refractivity contribution in [1.29, 1.82) is 0 Å². The van der Waals surface area contributed by atoms with Gasteiger partial charge in [0, 0.05) is 28.2 Å². The summed E-state index contributed by atoms with van der Waals surface area (Å²) in [4.78, 5) is 5.20. The third-order valence-corrected chi connectivity index (χ3v) is 15.3. The number of benzene rings is 6. The maximum atomic E-state index is 2.66. The molecule has 65 heavy (non-hydrogen) atoms. The Morgan fingerprint density at radius 1 is 0.554 bits per heavy atom. The Balaban J connectivity index is 1.11. The number of nitrogens with zero attached hydrogens (tertiary/aromatic N) is 2. The predicted octanol–water partition coefficient (Wildman–Crippen LogP) is 14.8. The third-order valence-electron chi connectivity index (χ3n) is 15.3. The van der Waals surface area contributed by atoms with E-state index in [1.54, 1.807) is 0 Å². The van der Waals surface area contributed by atoms with Gasteiger partial charge in [-0.1, -0.05) is 160 Å². The van der Waals surface area contributed by atoms with Gasteiger partial charge in [-0.15, -0.1) is 0 Å². The minimum absolute atomic E-state index is 0.116. The number of para-hydroxylation sites is 2. The molecule has 0 saturated carbocycles. The summed E-state index contributed by atoms with van der Waals surface area (Å²) in [5.74, 6) is 0. The van der Waals surface area contributed by atoms with Crippen LogP contribution in [0, 0.1) is 0 Å². The van der Waals surface area contributed by atoms with E-state index in [2.05, 4.69) is 212 Å². The number of fused-ring (bicyclic) bond motifs is 7. The van der Waals surface area contributed by atoms with E-state index >= 15 is 0 Å². The highest BCUT2D eigenvalue weighted by Crippen LogP contribution is 2.50. The van der Waals surface area contributed by atoms with Gasteiger partial charge in [-0.05, 0) is 175 Å². The molecule has 314 valence electrons. The molecule has 2 heteroatoms. The highest BCUT2D eigenvalue weighted by Gasteiger charge is 2.36. The van der Waals surface area contributed by atoms with E-state index in [4.69, 9.17) is 0 Å². The summed E-state index contributed by atoms with van der Waals surface area (Å²) in [5, 5.41) is 5.35. The van der Waals surface area contributed by atoms with Crippen LogP contribution in [0.1, 0.15) is 86.6 Å². The number of allylic oxidation sites excluding steroid dienone is 12. The van der Waals surface area contributed by atoms with E-state index in [1.165, 1.54) is 116 Å². The van der Waals surface area contributed by atoms with Gasteiger partial charge in [-0.3, -0.25) is 0 Å². The second-order valence-electron chi connectivity index (χ2n) is 19.3. The Bertz CT molecular complexity index is 3440. The summed E-state index contributed by atoms with van der Waals surface area (Å²) < 4.78 is 0. The van der Waals surface area contributed by atoms with Crippen molar-refractivity contribution in [2.24, 2.45) is 0 Å². The van der Waals surface area contributed by atoms with Crippen molar-refractivity contribution < 1.29 is 0 Å². The first-order valence-corrected chi connectivity index (χ1v) is 23.9. The van der Waals surface area contributed by atoms with Crippen molar-refractivity contribution in [2.45, 2.75) is 70.3 Å². The second-order valence-corrected chi connectivity index (χ2v) is 19.3. The molecule has 1 atom stereocenters. The normalized spacial score (nSPS) is 19.5. The fourth-order valence-electron chi connectivity index (χ4n) is 12.1. The Morgan fingerprint density at radius 3 is 2.08 bits per heavy atom. The number of rotatable bonds is 4. The first-order chi connectivity index (χ1) is 32.0. The quantitative estimate of drug-likeness (QED) is 0.175. The molecule has 1 unspecified atom stereocenters. The van der Waals surface area contributed by atoms with Crippen molar-refractivity contribution >= 4 is 57.7 Å². The van der Waals surface area contributed by atoms with Crippen LogP contribution < -0.4 is 20.2 Å². The van der Waals surface area contributed by atoms with Crippen molar-refractivity contribution in [3.63, 3.8) is 0 Å². The lowest BCUT2D eigenvalue weighted by molar-refractivity contribution is 0.660. The van der Waals surface area contributed by atoms with Crippen LogP contribution in [-0.4, -0.2) is 6.04 Å². The zero-order valence-electron chi connectivity index (χ0n) is 37.3. The molecule has 6 aromatic rings. The Kier molecular flexibility index (Phi) is 8.82. The summed E-state index contributed by atoms with van der Waals surface area (Å²) in [7, 11) is 0. The topological polar surface area (TPSA) is 6.48 Å². The average molecular weight is 837 g/mol. The molecule has 0 bridgehead atoms. The van der Waals surface area contributed by atoms with Gasteiger partial charge in [-0.25, -0.2) is 0 Å². The van der Waals surface area contributed by atoms with E-state index in [0.717, 1.165) is 44.9 Å². The molecule has 13 rings (SSSR count). The maximum absolute atomic E-state index is 2.66. The monoisotopic (exact) mass is 836 g/mol. The van der Waals surface area contributed by atoms with Gasteiger partial charge in [0.25, 0.3) is 0 Å². The molecular weight excluding hydrogens is 785 g/mol. The van der Waals surface area contributed by atoms with E-state index in [1.807, 2.05) is 0 Å². The molecule has 0 spiro atoms. The Labute approximate surface area is 383 Å². The summed E-state index contributed by atoms with van der Waals surface area (Å²) in [6.07, 6.45) is 38.4. The lowest BCUT2D eigenvalue weighted by atomic mass is 9.80. The minimum Gasteiger partial charge on any atom is -0.333 e. The van der Waals surface area contributed by atoms with Gasteiger partial charge < -0.3 is 9.80 Å². The van der Waals surface area contributed by atoms with Crippen molar-refractivity contribution in [3.8, 4) is 22.3 Å². The molecule has 0 N–H and O–H groups in total. The van der Waals surface area contributed by atoms with Gasteiger partial charge in [0.2, 0.25) is 0 Å². The van der Waals surface area contributed by atoms with E-state index < -0.39 is 0 Å². The molecule has 2 aliphatic heterocycles. The minimum atomic E-state index is -0.116. The second kappa shape index (κ2) is 15.0. The largest absolute Gasteiger partial charge is 0.333 e. The highest BCUT2D eigenvalue weighted by atomic mass is 15.2. The number of hydrogen-bond donors (Lipinski definition) is 0. The standard InChI is InChI=1S/C63H52N2/c1-63(2)55-23-11-10-22-49(55)50-35-32-46(38-56(50)63)62-52-37-34-47(64-57-24-12-6-16-41(57)28-29-42-17-7-13-25-58(42)64)39-53(52)61(45-20-4-3-5-21-45)51-36-33-48(40-54(51)62)65-59-26-14-8-18-43(59)30-31-44-19-9-15-27-60(44)65/h3-4,6,8,10-16,18,20,22-32,34-40,48H,5,7,9,17,19,21,33H2,1-2H3. The van der Waals surface area contributed by atoms with Crippen LogP contribution in [0.25, 0.3) is 62.9 Å². The molecule has 0 saturated heterocycles. The van der Waals surface area contributed by atoms with E-state index in [9.17, 15) is 0 Å². The van der Waals surface area contributed by atoms with E-state index in [-0.39, 0.29) is 11.5 Å². The van der Waals surface area contributed by atoms with Crippen LogP contribution in [0.2, 0.25) is 0 Å². The molecule has 0 radical (unpaired) electrons. The smallest absolute Gasteiger partial charge is 0.0566 e. The van der Waals surface area contributed by atoms with Gasteiger partial charge in [0.05, 0.1) is 11.7 Å². The summed E-state index contributed by atoms with van der Waals surface area (Å²) in [5.41, 5.74) is 22.5. The molecule has 5 aliphatic carbocycles. The van der Waals surface area contributed by atoms with Gasteiger partial charge >= 0.3 is 0 Å². The van der Waals surface area contributed by atoms with Gasteiger partial charge in [-0.2, -0.15) is 0 Å². The Hall–Kier alpha value is -7.16. The van der Waals surface area contributed by atoms with Crippen LogP contribution in [0.5, 0.6) is 0 Å². The zero-order valence-corrected chi connectivity index (χ0v) is 37.3. The molecule has 2 heterocycles. The average Bonchev–Trinajstić information content (AvgIpc) is 3.47. The lowest BCUT2D eigenvalue weighted by Crippen LogP contribution is -2.42. The SMILES string of the molecule is CC1(C)c2ccccc2-c2ccc(-c3c4c(c(C5=CC=CCC5)c5cc(N6C7=C(C=Cc8ccccc86)CCC=C7)ccc35)=CCC(N3C5=C(C=Cc6ccccc63)CCC=C5)C=4)cc21. The van der Waals surface area contributed by atoms with E-state index in [0.29, 0.717) is 0 Å². The van der Waals surface area contributed by atoms with Gasteiger partial charge in [0.1, 0.15) is 0 Å². The summed E-state index contributed by atoms with van der Waals surface area (Å²) in [6.45, 7) is 4.82. The molecular formula is C63H52N2. The number of hydrogen-bond acceptors (Lipinski definition) is 2. The highest BCUT2D eigenvalue weighted by molar-refractivity contribution is 6.06. The maximum Gasteiger partial charge on any atom is 0.0566 e. The zero-order chi connectivity index (χ0) is 43.2. The van der Waals surface area contributed by atoms with Crippen molar-refractivity contribution in [1.82, 2.24) is 0 Å². The van der Waals surface area contributed by atoms with Crippen LogP contribution >= 0.6 is 0 Å². The van der Waals surface area contributed by atoms with Crippen molar-refractivity contribution in [3.05, 3.63) is 225 Å². The fourth-order valence-corrected chi connectivity index (χ4v) is 12.1. The summed E-state index contributed by atoms with van der Waals surface area (Å²) in [6, 6.07) is 41.9. The van der Waals surface area contributed by atoms with Crippen LogP contribution in [0.3, 0.4) is 0 Å². The van der Waals surface area contributed by atoms with Crippen molar-refractivity contribution in [2.75, 3.05) is 9.80 Å². The molecule has 7 aliphatic rings. The fraction of sp³-hybridized carbons (Fsp3) is 0.175. The first-order valence-electron chi connectivity index (χ1n) is 23.9. The van der Waals surface area contributed by atoms with Crippen LogP contribution in [0.15, 0.2) is 186 Å². The molecule has 2 nitrogen and oxygen atoms in total. The van der Waals surface area contributed by atoms with Crippen LogP contribution in [-0.2, 0) is 5.41 Å². The predicted molar refractivity (Wildman–Crippen MR) is 276 cm³/mol. The molecule has 0 amide bonds. The molecule has 6 aromatic carbocycles.